The molecule has 0 radical (unpaired) electrons. The normalized spacial score (nSPS) is 17.8. The first-order valence-electron chi connectivity index (χ1n) is 16.6. The Morgan fingerprint density at radius 2 is 1.74 bits per heavy atom. The van der Waals surface area contributed by atoms with Gasteiger partial charge in [-0.1, -0.05) is 79.5 Å². The average Bonchev–Trinajstić information content (AvgIpc) is 3.67. The smallest absolute Gasteiger partial charge is 0.330 e. The first-order chi connectivity index (χ1) is 23.8. The lowest BCUT2D eigenvalue weighted by Gasteiger charge is -2.22. The summed E-state index contributed by atoms with van der Waals surface area (Å²) in [4.78, 5) is 54.6. The molecule has 1 fully saturated rings. The third kappa shape index (κ3) is 7.96. The van der Waals surface area contributed by atoms with Gasteiger partial charge in [0, 0.05) is 67.6 Å². The summed E-state index contributed by atoms with van der Waals surface area (Å²) in [6.07, 6.45) is 4.32. The molecule has 2 unspecified atom stereocenters. The maximum atomic E-state index is 13.1. The molecule has 0 bridgehead atoms. The number of amides is 2. The van der Waals surface area contributed by atoms with Crippen molar-refractivity contribution in [1.82, 2.24) is 19.8 Å². The van der Waals surface area contributed by atoms with Crippen LogP contribution in [-0.2, 0) is 23.6 Å². The van der Waals surface area contributed by atoms with Crippen molar-refractivity contribution in [2.45, 2.75) is 58.5 Å². The molecule has 2 aromatic carbocycles. The summed E-state index contributed by atoms with van der Waals surface area (Å²) in [6, 6.07) is 10.6. The zero-order chi connectivity index (χ0) is 36.3. The molecule has 11 nitrogen and oxygen atoms in total. The molecular formula is C37H42Cl2N6O5. The molecular weight excluding hydrogens is 679 g/mol. The zero-order valence-corrected chi connectivity index (χ0v) is 30.4. The number of nitrogens with one attached hydrogen (secondary N) is 3. The van der Waals surface area contributed by atoms with Gasteiger partial charge in [-0.15, -0.1) is 0 Å². The number of anilines is 1. The molecule has 0 saturated carbocycles. The maximum Gasteiger partial charge on any atom is 0.330 e. The summed E-state index contributed by atoms with van der Waals surface area (Å²) >= 11 is 13.9. The highest BCUT2D eigenvalue weighted by Gasteiger charge is 2.30. The van der Waals surface area contributed by atoms with Crippen LogP contribution in [0.15, 0.2) is 74.9 Å². The Labute approximate surface area is 301 Å². The van der Waals surface area contributed by atoms with E-state index in [0.717, 1.165) is 34.0 Å². The minimum absolute atomic E-state index is 0.00531. The highest BCUT2D eigenvalue weighted by molar-refractivity contribution is 6.39. The molecule has 5 rings (SSSR count). The van der Waals surface area contributed by atoms with E-state index in [1.165, 1.54) is 25.9 Å². The molecule has 2 amide bonds. The highest BCUT2D eigenvalue weighted by Crippen LogP contribution is 2.40. The number of carbonyl (C=O) groups excluding carboxylic acids is 2. The van der Waals surface area contributed by atoms with Crippen molar-refractivity contribution in [2.24, 2.45) is 25.0 Å². The van der Waals surface area contributed by atoms with E-state index < -0.39 is 17.2 Å². The van der Waals surface area contributed by atoms with Crippen molar-refractivity contribution < 1.29 is 14.3 Å². The molecule has 3 aromatic rings. The molecule has 3 N–H and O–H groups in total. The number of benzene rings is 2. The fourth-order valence-corrected chi connectivity index (χ4v) is 6.75. The van der Waals surface area contributed by atoms with E-state index in [2.05, 4.69) is 43.3 Å². The topological polar surface area (TPSA) is 136 Å². The van der Waals surface area contributed by atoms with Crippen LogP contribution in [-0.4, -0.2) is 52.1 Å². The number of aryl methyl sites for hydroxylation is 1. The Hall–Kier alpha value is -4.45. The van der Waals surface area contributed by atoms with Crippen molar-refractivity contribution in [3.8, 4) is 11.1 Å². The van der Waals surface area contributed by atoms with Gasteiger partial charge in [-0.25, -0.2) is 9.79 Å². The van der Waals surface area contributed by atoms with Gasteiger partial charge < -0.3 is 25.3 Å². The Morgan fingerprint density at radius 1 is 1.04 bits per heavy atom. The largest absolute Gasteiger partial charge is 0.477 e. The second-order valence-electron chi connectivity index (χ2n) is 13.2. The van der Waals surface area contributed by atoms with E-state index in [9.17, 15) is 19.2 Å². The van der Waals surface area contributed by atoms with Gasteiger partial charge in [-0.3, -0.25) is 19.0 Å². The lowest BCUT2D eigenvalue weighted by molar-refractivity contribution is -0.119. The third-order valence-corrected chi connectivity index (χ3v) is 9.68. The van der Waals surface area contributed by atoms with Gasteiger partial charge in [0.25, 0.3) is 11.5 Å². The van der Waals surface area contributed by atoms with Crippen LogP contribution in [0.2, 0.25) is 10.0 Å². The monoisotopic (exact) mass is 720 g/mol. The van der Waals surface area contributed by atoms with E-state index in [0.29, 0.717) is 52.9 Å². The summed E-state index contributed by atoms with van der Waals surface area (Å²) < 4.78 is 8.36. The van der Waals surface area contributed by atoms with Gasteiger partial charge in [0.05, 0.1) is 28.0 Å². The van der Waals surface area contributed by atoms with Gasteiger partial charge in [0.15, 0.2) is 0 Å². The summed E-state index contributed by atoms with van der Waals surface area (Å²) in [5.74, 6) is 0.114. The highest BCUT2D eigenvalue weighted by atomic mass is 35.5. The Balaban J connectivity index is 1.44. The lowest BCUT2D eigenvalue weighted by atomic mass is 10.0. The summed E-state index contributed by atoms with van der Waals surface area (Å²) in [5.41, 5.74) is 3.03. The Bertz CT molecular complexity index is 2030. The summed E-state index contributed by atoms with van der Waals surface area (Å²) in [6.45, 7) is 11.6. The molecule has 1 aromatic heterocycles. The number of hydrogen-bond acceptors (Lipinski definition) is 7. The maximum absolute atomic E-state index is 13.1. The van der Waals surface area contributed by atoms with Crippen molar-refractivity contribution in [3.05, 3.63) is 102 Å². The fraction of sp³-hybridized carbons (Fsp3) is 0.378. The predicted molar refractivity (Wildman–Crippen MR) is 199 cm³/mol. The number of hydrogen-bond donors (Lipinski definition) is 3. The molecule has 2 aliphatic rings. The van der Waals surface area contributed by atoms with Crippen molar-refractivity contribution in [1.29, 1.82) is 0 Å². The number of aromatic nitrogens is 2. The standard InChI is InChI=1S/C37H42Cl2N6O5/c1-20(2)19-50-35(31-21(3)13-15-28(31)40-17-23-14-16-30(46)42-23)41-22(4)24-9-7-10-25(32(24)38)26-11-8-12-29(33(26)39)43-34(47)27-18-44(5)37(49)45(6)36(27)48/h7-12,18,20,23,28,40H,4,13-17,19H2,1-3,5-6H3,(H,42,46)(H,43,47). The quantitative estimate of drug-likeness (QED) is 0.172. The van der Waals surface area contributed by atoms with Gasteiger partial charge in [-0.05, 0) is 38.2 Å². The number of allylic oxidation sites excluding steroid dienone is 1. The molecule has 2 atom stereocenters. The molecule has 50 heavy (non-hydrogen) atoms. The second-order valence-corrected chi connectivity index (χ2v) is 13.9. The number of ether oxygens (including phenoxy) is 1. The van der Waals surface area contributed by atoms with E-state index in [-0.39, 0.29) is 40.2 Å². The number of rotatable bonds is 11. The van der Waals surface area contributed by atoms with Gasteiger partial charge in [0.2, 0.25) is 11.8 Å². The average molecular weight is 722 g/mol. The number of halogens is 2. The summed E-state index contributed by atoms with van der Waals surface area (Å²) in [5, 5.41) is 9.90. The van der Waals surface area contributed by atoms with Gasteiger partial charge in [0.1, 0.15) is 5.56 Å². The summed E-state index contributed by atoms with van der Waals surface area (Å²) in [7, 11) is 2.76. The van der Waals surface area contributed by atoms with Crippen molar-refractivity contribution >= 4 is 52.3 Å². The van der Waals surface area contributed by atoms with Crippen LogP contribution in [0.5, 0.6) is 0 Å². The van der Waals surface area contributed by atoms with E-state index in [4.69, 9.17) is 32.9 Å². The third-order valence-electron chi connectivity index (χ3n) is 8.87. The molecule has 1 aliphatic carbocycles. The van der Waals surface area contributed by atoms with Crippen LogP contribution in [0, 0.1) is 5.92 Å². The van der Waals surface area contributed by atoms with Gasteiger partial charge >= 0.3 is 5.69 Å². The predicted octanol–water partition coefficient (Wildman–Crippen LogP) is 5.70. The van der Waals surface area contributed by atoms with Crippen LogP contribution >= 0.6 is 23.2 Å². The molecule has 0 spiro atoms. The van der Waals surface area contributed by atoms with Gasteiger partial charge in [-0.2, -0.15) is 0 Å². The first-order valence-corrected chi connectivity index (χ1v) is 17.3. The minimum Gasteiger partial charge on any atom is -0.477 e. The molecule has 1 aliphatic heterocycles. The van der Waals surface area contributed by atoms with Crippen LogP contribution in [0.3, 0.4) is 0 Å². The SMILES string of the molecule is C=C(N=C(OCC(C)C)C1=C(C)CCC1NCC1CCC(=O)N1)c1cccc(-c2cccc(NC(=O)c3cn(C)c(=O)n(C)c3=O)c2Cl)c1Cl. The zero-order valence-electron chi connectivity index (χ0n) is 28.9. The van der Waals surface area contributed by atoms with Crippen LogP contribution < -0.4 is 27.2 Å². The van der Waals surface area contributed by atoms with Crippen LogP contribution in [0.25, 0.3) is 16.8 Å². The molecule has 2 heterocycles. The van der Waals surface area contributed by atoms with Crippen LogP contribution in [0.1, 0.15) is 62.4 Å². The first kappa shape index (κ1) is 36.8. The number of carbonyl (C=O) groups is 2. The van der Waals surface area contributed by atoms with Crippen molar-refractivity contribution in [3.63, 3.8) is 0 Å². The van der Waals surface area contributed by atoms with E-state index >= 15 is 0 Å². The minimum atomic E-state index is -0.725. The van der Waals surface area contributed by atoms with E-state index in [1.807, 2.05) is 12.1 Å². The molecule has 264 valence electrons. The van der Waals surface area contributed by atoms with Crippen LogP contribution in [0.4, 0.5) is 5.69 Å². The Kier molecular flexibility index (Phi) is 11.5. The number of nitrogens with zero attached hydrogens (tertiary/aromatic N) is 3. The molecule has 1 saturated heterocycles. The lowest BCUT2D eigenvalue weighted by Crippen LogP contribution is -2.41. The van der Waals surface area contributed by atoms with Crippen molar-refractivity contribution in [2.75, 3.05) is 18.5 Å². The number of aliphatic imine (C=N–C) groups is 1. The second kappa shape index (κ2) is 15.6. The van der Waals surface area contributed by atoms with E-state index in [1.54, 1.807) is 24.3 Å². The Morgan fingerprint density at radius 3 is 2.42 bits per heavy atom. The fourth-order valence-electron chi connectivity index (χ4n) is 6.14. The molecule has 13 heteroatoms.